The predicted molar refractivity (Wildman–Crippen MR) is 96.7 cm³/mol. The number of rotatable bonds is 7. The molecule has 1 saturated heterocycles. The summed E-state index contributed by atoms with van der Waals surface area (Å²) in [6, 6.07) is 8.00. The van der Waals surface area contributed by atoms with Crippen LogP contribution in [0.3, 0.4) is 0 Å². The van der Waals surface area contributed by atoms with Gasteiger partial charge in [0, 0.05) is 38.3 Å². The SMILES string of the molecule is CCN1CCN([C@H](c2ccc(Cl)cc2)c2nnnn2CCOC)CC1. The Kier molecular flexibility index (Phi) is 6.36. The van der Waals surface area contributed by atoms with Crippen molar-refractivity contribution < 1.29 is 4.74 Å². The lowest BCUT2D eigenvalue weighted by atomic mass is 10.0. The van der Waals surface area contributed by atoms with Crippen LogP contribution in [0.1, 0.15) is 24.4 Å². The molecule has 0 unspecified atom stereocenters. The average Bonchev–Trinajstić information content (AvgIpc) is 3.10. The second kappa shape index (κ2) is 8.71. The average molecular weight is 365 g/mol. The van der Waals surface area contributed by atoms with E-state index in [2.05, 4.69) is 44.4 Å². The Morgan fingerprint density at radius 1 is 1.16 bits per heavy atom. The third-order valence-electron chi connectivity index (χ3n) is 4.72. The molecule has 2 heterocycles. The van der Waals surface area contributed by atoms with Crippen LogP contribution in [0.15, 0.2) is 24.3 Å². The lowest BCUT2D eigenvalue weighted by molar-refractivity contribution is 0.107. The largest absolute Gasteiger partial charge is 0.383 e. The van der Waals surface area contributed by atoms with E-state index in [4.69, 9.17) is 16.3 Å². The number of hydrogen-bond donors (Lipinski definition) is 0. The van der Waals surface area contributed by atoms with Crippen molar-refractivity contribution in [2.24, 2.45) is 0 Å². The minimum absolute atomic E-state index is 0.0168. The highest BCUT2D eigenvalue weighted by Gasteiger charge is 2.30. The number of ether oxygens (including phenoxy) is 1. The maximum absolute atomic E-state index is 6.08. The summed E-state index contributed by atoms with van der Waals surface area (Å²) in [4.78, 5) is 4.91. The molecule has 1 aliphatic rings. The van der Waals surface area contributed by atoms with Crippen LogP contribution in [0.4, 0.5) is 0 Å². The molecule has 1 fully saturated rings. The summed E-state index contributed by atoms with van der Waals surface area (Å²) in [6.07, 6.45) is 0. The normalized spacial score (nSPS) is 17.7. The number of methoxy groups -OCH3 is 1. The highest BCUT2D eigenvalue weighted by atomic mass is 35.5. The molecule has 0 aliphatic carbocycles. The van der Waals surface area contributed by atoms with Crippen LogP contribution < -0.4 is 0 Å². The molecule has 1 aromatic carbocycles. The fourth-order valence-corrected chi connectivity index (χ4v) is 3.38. The molecule has 0 spiro atoms. The van der Waals surface area contributed by atoms with Crippen LogP contribution in [-0.2, 0) is 11.3 Å². The minimum Gasteiger partial charge on any atom is -0.383 e. The van der Waals surface area contributed by atoms with Crippen molar-refractivity contribution in [3.05, 3.63) is 40.7 Å². The van der Waals surface area contributed by atoms with Crippen molar-refractivity contribution in [2.75, 3.05) is 46.4 Å². The molecule has 0 bridgehead atoms. The van der Waals surface area contributed by atoms with Gasteiger partial charge in [0.25, 0.3) is 0 Å². The van der Waals surface area contributed by atoms with E-state index in [1.807, 2.05) is 16.8 Å². The molecule has 0 amide bonds. The van der Waals surface area contributed by atoms with E-state index in [9.17, 15) is 0 Å². The van der Waals surface area contributed by atoms with E-state index < -0.39 is 0 Å². The quantitative estimate of drug-likeness (QED) is 0.745. The number of likely N-dealkylation sites (N-methyl/N-ethyl adjacent to an activating group) is 1. The molecule has 3 rings (SSSR count). The van der Waals surface area contributed by atoms with E-state index in [1.54, 1.807) is 7.11 Å². The zero-order valence-corrected chi connectivity index (χ0v) is 15.6. The molecule has 8 heteroatoms. The smallest absolute Gasteiger partial charge is 0.173 e. The molecule has 25 heavy (non-hydrogen) atoms. The third-order valence-corrected chi connectivity index (χ3v) is 4.97. The Morgan fingerprint density at radius 3 is 2.52 bits per heavy atom. The van der Waals surface area contributed by atoms with Crippen LogP contribution in [0.2, 0.25) is 5.02 Å². The van der Waals surface area contributed by atoms with Gasteiger partial charge in [-0.15, -0.1) is 5.10 Å². The Hall–Kier alpha value is -1.54. The van der Waals surface area contributed by atoms with E-state index in [-0.39, 0.29) is 6.04 Å². The summed E-state index contributed by atoms with van der Waals surface area (Å²) in [5.41, 5.74) is 1.16. The summed E-state index contributed by atoms with van der Waals surface area (Å²) in [5.74, 6) is 0.851. The number of piperazine rings is 1. The lowest BCUT2D eigenvalue weighted by Gasteiger charge is -2.38. The first kappa shape index (κ1) is 18.3. The topological polar surface area (TPSA) is 59.3 Å². The molecular formula is C17H25ClN6O. The van der Waals surface area contributed by atoms with Crippen molar-refractivity contribution in [1.82, 2.24) is 30.0 Å². The van der Waals surface area contributed by atoms with Gasteiger partial charge in [0.1, 0.15) is 0 Å². The van der Waals surface area contributed by atoms with Crippen molar-refractivity contribution in [1.29, 1.82) is 0 Å². The number of halogens is 1. The predicted octanol–water partition coefficient (Wildman–Crippen LogP) is 1.70. The fourth-order valence-electron chi connectivity index (χ4n) is 3.25. The highest BCUT2D eigenvalue weighted by Crippen LogP contribution is 2.29. The van der Waals surface area contributed by atoms with Gasteiger partial charge in [-0.2, -0.15) is 0 Å². The fraction of sp³-hybridized carbons (Fsp3) is 0.588. The summed E-state index contributed by atoms with van der Waals surface area (Å²) < 4.78 is 7.03. The van der Waals surface area contributed by atoms with Crippen LogP contribution in [-0.4, -0.2) is 76.4 Å². The van der Waals surface area contributed by atoms with E-state index >= 15 is 0 Å². The summed E-state index contributed by atoms with van der Waals surface area (Å²) in [6.45, 7) is 8.59. The third kappa shape index (κ3) is 4.36. The Balaban J connectivity index is 1.90. The van der Waals surface area contributed by atoms with Gasteiger partial charge in [0.2, 0.25) is 0 Å². The molecule has 136 valence electrons. The molecule has 1 atom stereocenters. The van der Waals surface area contributed by atoms with Gasteiger partial charge in [0.05, 0.1) is 19.2 Å². The van der Waals surface area contributed by atoms with E-state index in [1.165, 1.54) is 0 Å². The maximum Gasteiger partial charge on any atom is 0.173 e. The zero-order chi connectivity index (χ0) is 17.6. The van der Waals surface area contributed by atoms with Crippen molar-refractivity contribution in [2.45, 2.75) is 19.5 Å². The Labute approximate surface area is 153 Å². The number of aromatic nitrogens is 4. The first-order valence-corrected chi connectivity index (χ1v) is 9.07. The van der Waals surface area contributed by atoms with Gasteiger partial charge in [-0.3, -0.25) is 4.90 Å². The summed E-state index contributed by atoms with van der Waals surface area (Å²) >= 11 is 6.08. The highest BCUT2D eigenvalue weighted by molar-refractivity contribution is 6.30. The van der Waals surface area contributed by atoms with Crippen LogP contribution in [0.5, 0.6) is 0 Å². The number of hydrogen-bond acceptors (Lipinski definition) is 6. The molecule has 7 nitrogen and oxygen atoms in total. The lowest BCUT2D eigenvalue weighted by Crippen LogP contribution is -2.48. The monoisotopic (exact) mass is 364 g/mol. The van der Waals surface area contributed by atoms with Crippen LogP contribution in [0.25, 0.3) is 0 Å². The molecular weight excluding hydrogens is 340 g/mol. The van der Waals surface area contributed by atoms with E-state index in [0.29, 0.717) is 13.2 Å². The van der Waals surface area contributed by atoms with E-state index in [0.717, 1.165) is 49.1 Å². The first-order valence-electron chi connectivity index (χ1n) is 8.69. The van der Waals surface area contributed by atoms with Gasteiger partial charge < -0.3 is 9.64 Å². The van der Waals surface area contributed by atoms with Gasteiger partial charge >= 0.3 is 0 Å². The van der Waals surface area contributed by atoms with Crippen LogP contribution >= 0.6 is 11.6 Å². The van der Waals surface area contributed by atoms with Gasteiger partial charge in [-0.1, -0.05) is 30.7 Å². The molecule has 0 radical (unpaired) electrons. The molecule has 2 aromatic rings. The number of benzene rings is 1. The minimum atomic E-state index is 0.0168. The molecule has 1 aromatic heterocycles. The van der Waals surface area contributed by atoms with Gasteiger partial charge in [0.15, 0.2) is 5.82 Å². The van der Waals surface area contributed by atoms with Gasteiger partial charge in [-0.25, -0.2) is 4.68 Å². The zero-order valence-electron chi connectivity index (χ0n) is 14.8. The standard InChI is InChI=1S/C17H25ClN6O/c1-3-22-8-10-23(11-9-22)16(14-4-6-15(18)7-5-14)17-19-20-21-24(17)12-13-25-2/h4-7,16H,3,8-13H2,1-2H3/t16-/m1/s1. The van der Waals surface area contributed by atoms with Crippen molar-refractivity contribution in [3.63, 3.8) is 0 Å². The summed E-state index contributed by atoms with van der Waals surface area (Å²) in [5, 5.41) is 13.1. The molecule has 0 N–H and O–H groups in total. The second-order valence-electron chi connectivity index (χ2n) is 6.18. The summed E-state index contributed by atoms with van der Waals surface area (Å²) in [7, 11) is 1.69. The number of tetrazole rings is 1. The Morgan fingerprint density at radius 2 is 1.88 bits per heavy atom. The number of nitrogens with zero attached hydrogens (tertiary/aromatic N) is 6. The molecule has 0 saturated carbocycles. The Bertz CT molecular complexity index is 653. The van der Waals surface area contributed by atoms with Gasteiger partial charge in [-0.05, 0) is 34.7 Å². The first-order chi connectivity index (χ1) is 12.2. The second-order valence-corrected chi connectivity index (χ2v) is 6.61. The van der Waals surface area contributed by atoms with Crippen molar-refractivity contribution in [3.8, 4) is 0 Å². The maximum atomic E-state index is 6.08. The van der Waals surface area contributed by atoms with Crippen LogP contribution in [0, 0.1) is 0 Å². The van der Waals surface area contributed by atoms with Crippen molar-refractivity contribution >= 4 is 11.6 Å². The molecule has 1 aliphatic heterocycles.